The van der Waals surface area contributed by atoms with Crippen LogP contribution in [0.1, 0.15) is 32.6 Å². The van der Waals surface area contributed by atoms with E-state index in [4.69, 9.17) is 9.47 Å². The van der Waals surface area contributed by atoms with Crippen molar-refractivity contribution >= 4 is 50.2 Å². The Labute approximate surface area is 261 Å². The number of aromatic nitrogens is 1. The molecule has 0 aliphatic carbocycles. The first-order valence-electron chi connectivity index (χ1n) is 13.1. The monoisotopic (exact) mass is 651 g/mol. The van der Waals surface area contributed by atoms with Crippen LogP contribution in [0.2, 0.25) is 0 Å². The molecule has 5 rings (SSSR count). The summed E-state index contributed by atoms with van der Waals surface area (Å²) in [6.07, 6.45) is 1.52. The van der Waals surface area contributed by atoms with Crippen LogP contribution in [0.5, 0.6) is 11.5 Å². The number of carbonyl (C=O) groups is 1. The highest BCUT2D eigenvalue weighted by molar-refractivity contribution is 9.10. The fraction of sp³-hybridized carbons (Fsp3) is 0.0909. The molecular formula is C33H26BrN5O3S. The molecule has 214 valence electrons. The lowest BCUT2D eigenvalue weighted by atomic mass is 10.1. The standard InChI is InChI=1S/C33H26BrN5O3S/c1-21-7-13-27(14-8-21)37-33-38-29(20-43-33)22-9-11-23(12-10-22)32(40)39-36-18-26-15-30(41-2)31(16-28(26)34)42-19-25-6-4-3-5-24(25)17-35/h3-16,18,20H,19H2,1-2H3,(H,37,38)(H,39,40)/b36-18-. The number of anilines is 2. The molecule has 8 nitrogen and oxygen atoms in total. The second kappa shape index (κ2) is 13.8. The second-order valence-electron chi connectivity index (χ2n) is 9.39. The van der Waals surface area contributed by atoms with Crippen molar-refractivity contribution in [1.29, 1.82) is 5.26 Å². The maximum absolute atomic E-state index is 12.7. The Morgan fingerprint density at radius 3 is 2.58 bits per heavy atom. The molecular weight excluding hydrogens is 626 g/mol. The van der Waals surface area contributed by atoms with Gasteiger partial charge in [-0.3, -0.25) is 4.79 Å². The van der Waals surface area contributed by atoms with Gasteiger partial charge < -0.3 is 14.8 Å². The quantitative estimate of drug-likeness (QED) is 0.118. The average Bonchev–Trinajstić information content (AvgIpc) is 3.50. The predicted molar refractivity (Wildman–Crippen MR) is 173 cm³/mol. The molecule has 0 aliphatic heterocycles. The molecule has 43 heavy (non-hydrogen) atoms. The van der Waals surface area contributed by atoms with Gasteiger partial charge in [0.25, 0.3) is 5.91 Å². The van der Waals surface area contributed by atoms with E-state index in [1.807, 2.05) is 60.0 Å². The van der Waals surface area contributed by atoms with Crippen LogP contribution in [0.25, 0.3) is 11.3 Å². The summed E-state index contributed by atoms with van der Waals surface area (Å²) < 4.78 is 12.1. The highest BCUT2D eigenvalue weighted by Crippen LogP contribution is 2.34. The van der Waals surface area contributed by atoms with E-state index in [-0.39, 0.29) is 12.5 Å². The average molecular weight is 653 g/mol. The van der Waals surface area contributed by atoms with Crippen LogP contribution in [0, 0.1) is 18.3 Å². The van der Waals surface area contributed by atoms with E-state index in [1.54, 1.807) is 37.4 Å². The van der Waals surface area contributed by atoms with Crippen molar-refractivity contribution < 1.29 is 14.3 Å². The van der Waals surface area contributed by atoms with Crippen LogP contribution in [0.4, 0.5) is 10.8 Å². The number of methoxy groups -OCH3 is 1. The van der Waals surface area contributed by atoms with Crippen LogP contribution in [-0.4, -0.2) is 24.2 Å². The summed E-state index contributed by atoms with van der Waals surface area (Å²) in [5, 5.41) is 19.5. The molecule has 0 spiro atoms. The molecule has 0 radical (unpaired) electrons. The van der Waals surface area contributed by atoms with Gasteiger partial charge in [0.05, 0.1) is 30.7 Å². The number of hydrogen-bond donors (Lipinski definition) is 2. The number of ether oxygens (including phenoxy) is 2. The van der Waals surface area contributed by atoms with Crippen LogP contribution in [0.15, 0.2) is 99.9 Å². The number of nitriles is 1. The van der Waals surface area contributed by atoms with E-state index in [9.17, 15) is 10.1 Å². The number of carbonyl (C=O) groups excluding carboxylic acids is 1. The Morgan fingerprint density at radius 2 is 1.84 bits per heavy atom. The van der Waals surface area contributed by atoms with Crippen molar-refractivity contribution in [3.05, 3.63) is 123 Å². The molecule has 1 aromatic heterocycles. The fourth-order valence-corrected chi connectivity index (χ4v) is 5.24. The SMILES string of the molecule is COc1cc(/C=N\NC(=O)c2ccc(-c3csc(Nc4ccc(C)cc4)n3)cc2)c(Br)cc1OCc1ccccc1C#N. The van der Waals surface area contributed by atoms with Gasteiger partial charge in [-0.25, -0.2) is 10.4 Å². The molecule has 0 bridgehead atoms. The van der Waals surface area contributed by atoms with Crippen LogP contribution in [-0.2, 0) is 6.61 Å². The number of nitrogens with zero attached hydrogens (tertiary/aromatic N) is 3. The number of hydrogen-bond acceptors (Lipinski definition) is 8. The third-order valence-corrected chi connectivity index (χ3v) is 7.87. The zero-order valence-electron chi connectivity index (χ0n) is 23.3. The Balaban J connectivity index is 1.19. The number of halogens is 1. The van der Waals surface area contributed by atoms with E-state index in [0.717, 1.165) is 27.6 Å². The van der Waals surface area contributed by atoms with Crippen LogP contribution in [0.3, 0.4) is 0 Å². The summed E-state index contributed by atoms with van der Waals surface area (Å²) in [4.78, 5) is 17.4. The fourth-order valence-electron chi connectivity index (χ4n) is 4.07. The van der Waals surface area contributed by atoms with Gasteiger partial charge in [0.15, 0.2) is 16.6 Å². The van der Waals surface area contributed by atoms with Gasteiger partial charge in [-0.15, -0.1) is 11.3 Å². The van der Waals surface area contributed by atoms with Crippen molar-refractivity contribution in [1.82, 2.24) is 10.4 Å². The normalized spacial score (nSPS) is 10.7. The zero-order valence-corrected chi connectivity index (χ0v) is 25.7. The minimum absolute atomic E-state index is 0.211. The third kappa shape index (κ3) is 7.46. The van der Waals surface area contributed by atoms with Crippen molar-refractivity contribution in [2.45, 2.75) is 13.5 Å². The van der Waals surface area contributed by atoms with E-state index >= 15 is 0 Å². The molecule has 1 heterocycles. The number of nitrogens with one attached hydrogen (secondary N) is 2. The maximum atomic E-state index is 12.7. The topological polar surface area (TPSA) is 109 Å². The number of hydrazone groups is 1. The molecule has 0 saturated carbocycles. The summed E-state index contributed by atoms with van der Waals surface area (Å²) in [6.45, 7) is 2.26. The Morgan fingerprint density at radius 1 is 1.07 bits per heavy atom. The molecule has 1 amide bonds. The van der Waals surface area contributed by atoms with Crippen LogP contribution < -0.4 is 20.2 Å². The molecule has 0 fully saturated rings. The zero-order chi connectivity index (χ0) is 30.2. The summed E-state index contributed by atoms with van der Waals surface area (Å²) in [6, 6.07) is 28.3. The predicted octanol–water partition coefficient (Wildman–Crippen LogP) is 7.85. The lowest BCUT2D eigenvalue weighted by molar-refractivity contribution is 0.0955. The lowest BCUT2D eigenvalue weighted by Gasteiger charge is -2.13. The first kappa shape index (κ1) is 29.5. The molecule has 0 atom stereocenters. The van der Waals surface area contributed by atoms with Gasteiger partial charge in [0, 0.05) is 37.8 Å². The molecule has 0 saturated heterocycles. The summed E-state index contributed by atoms with van der Waals surface area (Å²) >= 11 is 5.05. The van der Waals surface area contributed by atoms with E-state index in [2.05, 4.69) is 49.8 Å². The highest BCUT2D eigenvalue weighted by Gasteiger charge is 2.12. The van der Waals surface area contributed by atoms with Gasteiger partial charge >= 0.3 is 0 Å². The lowest BCUT2D eigenvalue weighted by Crippen LogP contribution is -2.17. The number of amides is 1. The van der Waals surface area contributed by atoms with Crippen molar-refractivity contribution in [3.8, 4) is 28.8 Å². The van der Waals surface area contributed by atoms with E-state index in [0.29, 0.717) is 32.7 Å². The smallest absolute Gasteiger partial charge is 0.271 e. The third-order valence-electron chi connectivity index (χ3n) is 6.42. The number of thiazole rings is 1. The van der Waals surface area contributed by atoms with Crippen molar-refractivity contribution in [2.75, 3.05) is 12.4 Å². The number of aryl methyl sites for hydroxylation is 1. The Kier molecular flexibility index (Phi) is 9.46. The van der Waals surface area contributed by atoms with Gasteiger partial charge in [0.2, 0.25) is 0 Å². The summed E-state index contributed by atoms with van der Waals surface area (Å²) in [5.41, 5.74) is 8.94. The van der Waals surface area contributed by atoms with Crippen molar-refractivity contribution in [3.63, 3.8) is 0 Å². The number of benzene rings is 4. The molecule has 0 aliphatic rings. The minimum Gasteiger partial charge on any atom is -0.493 e. The summed E-state index contributed by atoms with van der Waals surface area (Å²) in [5.74, 6) is 0.642. The minimum atomic E-state index is -0.345. The van der Waals surface area contributed by atoms with E-state index < -0.39 is 0 Å². The molecule has 5 aromatic rings. The summed E-state index contributed by atoms with van der Waals surface area (Å²) in [7, 11) is 1.54. The van der Waals surface area contributed by atoms with Gasteiger partial charge in [-0.05, 0) is 65.3 Å². The first-order valence-corrected chi connectivity index (χ1v) is 14.8. The number of rotatable bonds is 10. The first-order chi connectivity index (χ1) is 20.9. The molecule has 0 unspecified atom stereocenters. The molecule has 4 aromatic carbocycles. The van der Waals surface area contributed by atoms with Gasteiger partial charge in [-0.2, -0.15) is 10.4 Å². The Bertz CT molecular complexity index is 1810. The van der Waals surface area contributed by atoms with Crippen LogP contribution >= 0.6 is 27.3 Å². The second-order valence-corrected chi connectivity index (χ2v) is 11.1. The van der Waals surface area contributed by atoms with Gasteiger partial charge in [-0.1, -0.05) is 48.0 Å². The Hall–Kier alpha value is -4.98. The van der Waals surface area contributed by atoms with Gasteiger partial charge in [0.1, 0.15) is 6.61 Å². The van der Waals surface area contributed by atoms with E-state index in [1.165, 1.54) is 23.1 Å². The molecule has 2 N–H and O–H groups in total. The van der Waals surface area contributed by atoms with Crippen molar-refractivity contribution in [2.24, 2.45) is 5.10 Å². The highest BCUT2D eigenvalue weighted by atomic mass is 79.9. The maximum Gasteiger partial charge on any atom is 0.271 e. The largest absolute Gasteiger partial charge is 0.493 e. The molecule has 10 heteroatoms.